The van der Waals surface area contributed by atoms with Crippen molar-refractivity contribution in [1.82, 2.24) is 0 Å². The van der Waals surface area contributed by atoms with Crippen molar-refractivity contribution in [3.63, 3.8) is 0 Å². The maximum atomic E-state index is 12.8. The van der Waals surface area contributed by atoms with Crippen LogP contribution in [0.25, 0.3) is 10.8 Å². The first-order chi connectivity index (χ1) is 13.1. The molecule has 2 atom stereocenters. The van der Waals surface area contributed by atoms with Gasteiger partial charge in [0.05, 0.1) is 5.56 Å². The number of fused-ring (bicyclic) bond motifs is 1. The van der Waals surface area contributed by atoms with Crippen molar-refractivity contribution in [2.24, 2.45) is 5.73 Å². The molecule has 4 rings (SSSR count). The van der Waals surface area contributed by atoms with Gasteiger partial charge in [-0.3, -0.25) is 9.59 Å². The molecule has 0 spiro atoms. The minimum atomic E-state index is -0.287. The summed E-state index contributed by atoms with van der Waals surface area (Å²) in [7, 11) is 0. The zero-order chi connectivity index (χ0) is 19.0. The fourth-order valence-corrected chi connectivity index (χ4v) is 3.81. The highest BCUT2D eigenvalue weighted by atomic mass is 16.1. The minimum Gasteiger partial charge on any atom is -0.325 e. The van der Waals surface area contributed by atoms with E-state index in [1.165, 1.54) is 0 Å². The Morgan fingerprint density at radius 3 is 2.74 bits per heavy atom. The van der Waals surface area contributed by atoms with Crippen LogP contribution in [0.15, 0.2) is 60.7 Å². The highest BCUT2D eigenvalue weighted by Gasteiger charge is 2.50. The van der Waals surface area contributed by atoms with Crippen LogP contribution in [0.5, 0.6) is 0 Å². The summed E-state index contributed by atoms with van der Waals surface area (Å²) in [6.07, 6.45) is 2.66. The third-order valence-corrected chi connectivity index (χ3v) is 5.66. The molecule has 3 aromatic rings. The van der Waals surface area contributed by atoms with Crippen LogP contribution in [0.3, 0.4) is 0 Å². The Bertz CT molecular complexity index is 1040. The number of benzene rings is 3. The van der Waals surface area contributed by atoms with Gasteiger partial charge in [-0.1, -0.05) is 49.4 Å². The first-order valence-corrected chi connectivity index (χ1v) is 9.23. The molecular weight excluding hydrogens is 336 g/mol. The second kappa shape index (κ2) is 6.63. The molecule has 1 aliphatic rings. The summed E-state index contributed by atoms with van der Waals surface area (Å²) >= 11 is 0. The highest BCUT2D eigenvalue weighted by molar-refractivity contribution is 6.14. The number of hydrogen-bond acceptors (Lipinski definition) is 3. The van der Waals surface area contributed by atoms with Gasteiger partial charge in [0.1, 0.15) is 0 Å². The predicted molar refractivity (Wildman–Crippen MR) is 108 cm³/mol. The summed E-state index contributed by atoms with van der Waals surface area (Å²) in [6, 6.07) is 18.9. The van der Waals surface area contributed by atoms with Crippen LogP contribution in [-0.4, -0.2) is 17.7 Å². The quantitative estimate of drug-likeness (QED) is 0.660. The van der Waals surface area contributed by atoms with E-state index in [0.29, 0.717) is 22.7 Å². The van der Waals surface area contributed by atoms with Crippen molar-refractivity contribution in [2.75, 3.05) is 5.32 Å². The second-order valence-corrected chi connectivity index (χ2v) is 7.29. The number of nitrogens with two attached hydrogens (primary N) is 1. The van der Waals surface area contributed by atoms with E-state index in [0.717, 1.165) is 35.5 Å². The second-order valence-electron chi connectivity index (χ2n) is 7.29. The van der Waals surface area contributed by atoms with Crippen LogP contribution >= 0.6 is 0 Å². The Hall–Kier alpha value is -2.98. The molecule has 0 saturated heterocycles. The smallest absolute Gasteiger partial charge is 0.256 e. The molecule has 0 bridgehead atoms. The van der Waals surface area contributed by atoms with Crippen molar-refractivity contribution < 1.29 is 9.59 Å². The van der Waals surface area contributed by atoms with Gasteiger partial charge in [0.25, 0.3) is 5.91 Å². The number of nitrogens with one attached hydrogen (secondary N) is 1. The van der Waals surface area contributed by atoms with E-state index in [4.69, 9.17) is 5.73 Å². The Morgan fingerprint density at radius 2 is 2.00 bits per heavy atom. The lowest BCUT2D eigenvalue weighted by atomic mass is 9.99. The van der Waals surface area contributed by atoms with E-state index in [-0.39, 0.29) is 11.4 Å². The number of aldehydes is 1. The van der Waals surface area contributed by atoms with Crippen molar-refractivity contribution in [3.05, 3.63) is 77.4 Å². The number of hydrogen-bond donors (Lipinski definition) is 2. The van der Waals surface area contributed by atoms with Crippen molar-refractivity contribution >= 4 is 28.7 Å². The van der Waals surface area contributed by atoms with Gasteiger partial charge in [0, 0.05) is 22.7 Å². The van der Waals surface area contributed by atoms with E-state index in [1.54, 1.807) is 6.07 Å². The molecule has 0 heterocycles. The van der Waals surface area contributed by atoms with Gasteiger partial charge < -0.3 is 11.1 Å². The van der Waals surface area contributed by atoms with E-state index >= 15 is 0 Å². The summed E-state index contributed by atoms with van der Waals surface area (Å²) in [4.78, 5) is 24.5. The standard InChI is InChI=1S/C23H22N2O2/c1-2-23(24)13-21(23)16-7-5-8-17(12-16)25-22(27)19-11-10-15-6-3-4-9-18(15)20(19)14-26/h3-12,14,21H,2,13,24H2,1H3,(H,25,27). The van der Waals surface area contributed by atoms with Crippen LogP contribution < -0.4 is 11.1 Å². The van der Waals surface area contributed by atoms with Gasteiger partial charge in [0.2, 0.25) is 0 Å². The van der Waals surface area contributed by atoms with Gasteiger partial charge in [-0.25, -0.2) is 0 Å². The normalized spacial score (nSPS) is 21.0. The molecule has 2 unspecified atom stereocenters. The van der Waals surface area contributed by atoms with Crippen molar-refractivity contribution in [1.29, 1.82) is 0 Å². The largest absolute Gasteiger partial charge is 0.325 e. The van der Waals surface area contributed by atoms with Gasteiger partial charge in [0.15, 0.2) is 6.29 Å². The Labute approximate surface area is 158 Å². The van der Waals surface area contributed by atoms with Crippen LogP contribution in [-0.2, 0) is 0 Å². The average Bonchev–Trinajstić information content (AvgIpc) is 3.39. The van der Waals surface area contributed by atoms with E-state index in [2.05, 4.69) is 18.3 Å². The minimum absolute atomic E-state index is 0.119. The lowest BCUT2D eigenvalue weighted by Crippen LogP contribution is -2.22. The predicted octanol–water partition coefficient (Wildman–Crippen LogP) is 4.50. The third kappa shape index (κ3) is 3.13. The summed E-state index contributed by atoms with van der Waals surface area (Å²) in [6.45, 7) is 2.10. The molecule has 0 aromatic heterocycles. The zero-order valence-corrected chi connectivity index (χ0v) is 15.2. The Kier molecular flexibility index (Phi) is 4.28. The topological polar surface area (TPSA) is 72.2 Å². The number of carbonyl (C=O) groups is 2. The molecule has 1 fully saturated rings. The highest BCUT2D eigenvalue weighted by Crippen LogP contribution is 2.51. The lowest BCUT2D eigenvalue weighted by Gasteiger charge is -2.12. The Balaban J connectivity index is 1.62. The summed E-state index contributed by atoms with van der Waals surface area (Å²) in [5.74, 6) is 0.0517. The number of amides is 1. The Morgan fingerprint density at radius 1 is 1.19 bits per heavy atom. The van der Waals surface area contributed by atoms with Crippen LogP contribution in [0, 0.1) is 0 Å². The maximum absolute atomic E-state index is 12.8. The molecule has 0 radical (unpaired) electrons. The van der Waals surface area contributed by atoms with Gasteiger partial charge >= 0.3 is 0 Å². The molecule has 3 N–H and O–H groups in total. The first-order valence-electron chi connectivity index (χ1n) is 9.23. The fourth-order valence-electron chi connectivity index (χ4n) is 3.81. The third-order valence-electron chi connectivity index (χ3n) is 5.66. The molecule has 1 saturated carbocycles. The molecule has 0 aliphatic heterocycles. The molecule has 27 heavy (non-hydrogen) atoms. The zero-order valence-electron chi connectivity index (χ0n) is 15.2. The summed E-state index contributed by atoms with van der Waals surface area (Å²) in [5, 5.41) is 4.64. The van der Waals surface area contributed by atoms with Crippen LogP contribution in [0.2, 0.25) is 0 Å². The molecule has 4 nitrogen and oxygen atoms in total. The molecule has 1 aliphatic carbocycles. The van der Waals surface area contributed by atoms with E-state index in [9.17, 15) is 9.59 Å². The average molecular weight is 358 g/mol. The number of anilines is 1. The first kappa shape index (κ1) is 17.4. The molecule has 136 valence electrons. The number of carbonyl (C=O) groups excluding carboxylic acids is 2. The fraction of sp³-hybridized carbons (Fsp3) is 0.217. The number of rotatable bonds is 5. The molecule has 1 amide bonds. The molecule has 4 heteroatoms. The lowest BCUT2D eigenvalue weighted by molar-refractivity contribution is 0.101. The van der Waals surface area contributed by atoms with Crippen molar-refractivity contribution in [2.45, 2.75) is 31.2 Å². The SMILES string of the molecule is CCC1(N)CC1c1cccc(NC(=O)c2ccc3ccccc3c2C=O)c1. The van der Waals surface area contributed by atoms with Crippen molar-refractivity contribution in [3.8, 4) is 0 Å². The molecule has 3 aromatic carbocycles. The van der Waals surface area contributed by atoms with Gasteiger partial charge in [-0.05, 0) is 47.4 Å². The van der Waals surface area contributed by atoms with E-state index in [1.807, 2.05) is 48.5 Å². The van der Waals surface area contributed by atoms with Gasteiger partial charge in [-0.2, -0.15) is 0 Å². The summed E-state index contributed by atoms with van der Waals surface area (Å²) < 4.78 is 0. The maximum Gasteiger partial charge on any atom is 0.256 e. The monoisotopic (exact) mass is 358 g/mol. The molecular formula is C23H22N2O2. The van der Waals surface area contributed by atoms with E-state index < -0.39 is 0 Å². The van der Waals surface area contributed by atoms with Gasteiger partial charge in [-0.15, -0.1) is 0 Å². The van der Waals surface area contributed by atoms with Crippen LogP contribution in [0.4, 0.5) is 5.69 Å². The summed E-state index contributed by atoms with van der Waals surface area (Å²) in [5.41, 5.74) is 8.86. The van der Waals surface area contributed by atoms with Crippen LogP contribution in [0.1, 0.15) is 52.0 Å².